The van der Waals surface area contributed by atoms with Crippen LogP contribution in [0, 0.1) is 0 Å². The SMILES string of the molecule is Cn1ccc(S(=O)(=O)NCC2(N)CCC2)c1. The molecule has 1 aliphatic rings. The van der Waals surface area contributed by atoms with Crippen molar-refractivity contribution in [2.45, 2.75) is 29.7 Å². The molecule has 0 aromatic carbocycles. The van der Waals surface area contributed by atoms with Crippen molar-refractivity contribution in [3.05, 3.63) is 18.5 Å². The Hall–Kier alpha value is -0.850. The monoisotopic (exact) mass is 243 g/mol. The van der Waals surface area contributed by atoms with Crippen LogP contribution < -0.4 is 10.5 Å². The van der Waals surface area contributed by atoms with Crippen molar-refractivity contribution in [3.63, 3.8) is 0 Å². The van der Waals surface area contributed by atoms with E-state index < -0.39 is 10.0 Å². The Bertz CT molecular complexity index is 474. The third kappa shape index (κ3) is 2.28. The second-order valence-corrected chi connectivity index (χ2v) is 6.32. The minimum absolute atomic E-state index is 0.290. The lowest BCUT2D eigenvalue weighted by atomic mass is 9.78. The van der Waals surface area contributed by atoms with E-state index in [-0.39, 0.29) is 10.4 Å². The molecule has 0 bridgehead atoms. The zero-order valence-electron chi connectivity index (χ0n) is 9.31. The van der Waals surface area contributed by atoms with Crippen LogP contribution >= 0.6 is 0 Å². The first-order valence-corrected chi connectivity index (χ1v) is 6.80. The lowest BCUT2D eigenvalue weighted by molar-refractivity contribution is 0.251. The van der Waals surface area contributed by atoms with Crippen LogP contribution in [0.15, 0.2) is 23.4 Å². The highest BCUT2D eigenvalue weighted by Gasteiger charge is 2.33. The quantitative estimate of drug-likeness (QED) is 0.792. The molecule has 0 aliphatic heterocycles. The van der Waals surface area contributed by atoms with Crippen LogP contribution in [0.5, 0.6) is 0 Å². The van der Waals surface area contributed by atoms with E-state index in [2.05, 4.69) is 4.72 Å². The molecule has 6 heteroatoms. The van der Waals surface area contributed by atoms with E-state index in [1.54, 1.807) is 30.1 Å². The van der Waals surface area contributed by atoms with Crippen molar-refractivity contribution >= 4 is 10.0 Å². The van der Waals surface area contributed by atoms with Crippen molar-refractivity contribution < 1.29 is 8.42 Å². The van der Waals surface area contributed by atoms with Crippen LogP contribution in [0.3, 0.4) is 0 Å². The molecule has 0 amide bonds. The summed E-state index contributed by atoms with van der Waals surface area (Å²) in [7, 11) is -1.61. The number of hydrogen-bond acceptors (Lipinski definition) is 3. The molecule has 1 aromatic heterocycles. The fourth-order valence-electron chi connectivity index (χ4n) is 1.77. The largest absolute Gasteiger partial charge is 0.356 e. The van der Waals surface area contributed by atoms with Crippen LogP contribution in [0.4, 0.5) is 0 Å². The van der Waals surface area contributed by atoms with Crippen LogP contribution in [0.2, 0.25) is 0 Å². The fourth-order valence-corrected chi connectivity index (χ4v) is 2.96. The second kappa shape index (κ2) is 3.87. The van der Waals surface area contributed by atoms with Gasteiger partial charge in [0.2, 0.25) is 10.0 Å². The molecule has 2 rings (SSSR count). The Morgan fingerprint density at radius 2 is 2.25 bits per heavy atom. The van der Waals surface area contributed by atoms with E-state index in [1.165, 1.54) is 0 Å². The van der Waals surface area contributed by atoms with Crippen molar-refractivity contribution in [1.82, 2.24) is 9.29 Å². The highest BCUT2D eigenvalue weighted by atomic mass is 32.2. The zero-order chi connectivity index (χ0) is 11.8. The minimum atomic E-state index is -3.40. The van der Waals surface area contributed by atoms with Crippen molar-refractivity contribution in [2.75, 3.05) is 6.54 Å². The average Bonchev–Trinajstić information content (AvgIpc) is 2.60. The first kappa shape index (κ1) is 11.6. The summed E-state index contributed by atoms with van der Waals surface area (Å²) >= 11 is 0. The lowest BCUT2D eigenvalue weighted by Crippen LogP contribution is -2.54. The molecule has 5 nitrogen and oxygen atoms in total. The van der Waals surface area contributed by atoms with Gasteiger partial charge in [-0.25, -0.2) is 13.1 Å². The number of aromatic nitrogens is 1. The number of aryl methyl sites for hydroxylation is 1. The maximum atomic E-state index is 11.9. The van der Waals surface area contributed by atoms with Crippen LogP contribution in [0.25, 0.3) is 0 Å². The molecule has 0 unspecified atom stereocenters. The van der Waals surface area contributed by atoms with Gasteiger partial charge in [-0.05, 0) is 25.3 Å². The molecule has 0 radical (unpaired) electrons. The molecule has 1 aliphatic carbocycles. The maximum absolute atomic E-state index is 11.9. The smallest absolute Gasteiger partial charge is 0.242 e. The molecule has 1 heterocycles. The molecule has 3 N–H and O–H groups in total. The molecule has 0 spiro atoms. The van der Waals surface area contributed by atoms with E-state index in [0.717, 1.165) is 19.3 Å². The van der Waals surface area contributed by atoms with Gasteiger partial charge in [-0.2, -0.15) is 0 Å². The Morgan fingerprint density at radius 3 is 2.69 bits per heavy atom. The van der Waals surface area contributed by atoms with Crippen LogP contribution in [-0.2, 0) is 17.1 Å². The summed E-state index contributed by atoms with van der Waals surface area (Å²) < 4.78 is 28.0. The Labute approximate surface area is 95.7 Å². The molecular formula is C10H17N3O2S. The standard InChI is InChI=1S/C10H17N3O2S/c1-13-6-3-9(7-13)16(14,15)12-8-10(11)4-2-5-10/h3,6-7,12H,2,4-5,8,11H2,1H3. The zero-order valence-corrected chi connectivity index (χ0v) is 10.1. The molecule has 90 valence electrons. The molecular weight excluding hydrogens is 226 g/mol. The summed E-state index contributed by atoms with van der Waals surface area (Å²) in [6.45, 7) is 0.324. The number of nitrogens with two attached hydrogens (primary N) is 1. The van der Waals surface area contributed by atoms with Gasteiger partial charge in [0.05, 0.1) is 4.90 Å². The van der Waals surface area contributed by atoms with E-state index in [1.807, 2.05) is 0 Å². The summed E-state index contributed by atoms with van der Waals surface area (Å²) in [6.07, 6.45) is 6.15. The number of sulfonamides is 1. The number of rotatable bonds is 4. The number of nitrogens with zero attached hydrogens (tertiary/aromatic N) is 1. The van der Waals surface area contributed by atoms with Crippen LogP contribution in [-0.4, -0.2) is 25.1 Å². The Kier molecular flexibility index (Phi) is 2.81. The van der Waals surface area contributed by atoms with Gasteiger partial charge >= 0.3 is 0 Å². The van der Waals surface area contributed by atoms with E-state index >= 15 is 0 Å². The third-order valence-corrected chi connectivity index (χ3v) is 4.47. The summed E-state index contributed by atoms with van der Waals surface area (Å²) in [5, 5.41) is 0. The Morgan fingerprint density at radius 1 is 1.56 bits per heavy atom. The van der Waals surface area contributed by atoms with Crippen molar-refractivity contribution in [3.8, 4) is 0 Å². The van der Waals surface area contributed by atoms with E-state index in [9.17, 15) is 8.42 Å². The van der Waals surface area contributed by atoms with Gasteiger partial charge in [0.25, 0.3) is 0 Å². The second-order valence-electron chi connectivity index (χ2n) is 4.55. The van der Waals surface area contributed by atoms with E-state index in [4.69, 9.17) is 5.73 Å². The van der Waals surface area contributed by atoms with Crippen molar-refractivity contribution in [2.24, 2.45) is 12.8 Å². The Balaban J connectivity index is 2.03. The minimum Gasteiger partial charge on any atom is -0.356 e. The number of nitrogens with one attached hydrogen (secondary N) is 1. The fraction of sp³-hybridized carbons (Fsp3) is 0.600. The first-order chi connectivity index (χ1) is 7.41. The summed E-state index contributed by atoms with van der Waals surface area (Å²) in [6, 6.07) is 1.58. The lowest BCUT2D eigenvalue weighted by Gasteiger charge is -2.37. The maximum Gasteiger partial charge on any atom is 0.242 e. The predicted molar refractivity (Wildman–Crippen MR) is 61.4 cm³/mol. The average molecular weight is 243 g/mol. The summed E-state index contributed by atoms with van der Waals surface area (Å²) in [5.74, 6) is 0. The van der Waals surface area contributed by atoms with Crippen LogP contribution in [0.1, 0.15) is 19.3 Å². The van der Waals surface area contributed by atoms with Gasteiger partial charge in [-0.3, -0.25) is 0 Å². The molecule has 0 atom stereocenters. The highest BCUT2D eigenvalue weighted by Crippen LogP contribution is 2.28. The van der Waals surface area contributed by atoms with Gasteiger partial charge in [-0.1, -0.05) is 0 Å². The summed E-state index contributed by atoms with van der Waals surface area (Å²) in [4.78, 5) is 0.290. The highest BCUT2D eigenvalue weighted by molar-refractivity contribution is 7.89. The molecule has 16 heavy (non-hydrogen) atoms. The number of hydrogen-bond donors (Lipinski definition) is 2. The van der Waals surface area contributed by atoms with Crippen molar-refractivity contribution in [1.29, 1.82) is 0 Å². The molecule has 1 fully saturated rings. The van der Waals surface area contributed by atoms with E-state index in [0.29, 0.717) is 6.54 Å². The normalized spacial score (nSPS) is 19.4. The van der Waals surface area contributed by atoms with Gasteiger partial charge < -0.3 is 10.3 Å². The summed E-state index contributed by atoms with van der Waals surface area (Å²) in [5.41, 5.74) is 5.63. The first-order valence-electron chi connectivity index (χ1n) is 5.32. The molecule has 1 saturated carbocycles. The van der Waals surface area contributed by atoms with Gasteiger partial charge in [0.15, 0.2) is 0 Å². The third-order valence-electron chi connectivity index (χ3n) is 3.08. The molecule has 1 aromatic rings. The van der Waals surface area contributed by atoms with Gasteiger partial charge in [0, 0.05) is 31.5 Å². The van der Waals surface area contributed by atoms with Gasteiger partial charge in [0.1, 0.15) is 0 Å². The van der Waals surface area contributed by atoms with Gasteiger partial charge in [-0.15, -0.1) is 0 Å². The topological polar surface area (TPSA) is 77.1 Å². The molecule has 0 saturated heterocycles. The predicted octanol–water partition coefficient (Wildman–Crippen LogP) is 0.185.